The fraction of sp³-hybridized carbons (Fsp3) is 0.462. The summed E-state index contributed by atoms with van der Waals surface area (Å²) >= 11 is 3.53. The quantitative estimate of drug-likeness (QED) is 0.875. The van der Waals surface area contributed by atoms with E-state index in [4.69, 9.17) is 0 Å². The summed E-state index contributed by atoms with van der Waals surface area (Å²) in [5, 5.41) is 8.03. The smallest absolute Gasteiger partial charge is 0.0891 e. The molecule has 2 atom stereocenters. The van der Waals surface area contributed by atoms with Crippen LogP contribution in [0.15, 0.2) is 29.0 Å². The van der Waals surface area contributed by atoms with Crippen molar-refractivity contribution in [3.05, 3.63) is 29.0 Å². The molecule has 0 aromatic carbocycles. The normalized spacial score (nSPS) is 27.1. The van der Waals surface area contributed by atoms with Gasteiger partial charge in [0.05, 0.1) is 11.2 Å². The monoisotopic (exact) mass is 306 g/mol. The fourth-order valence-electron chi connectivity index (χ4n) is 3.23. The molecule has 0 amide bonds. The minimum Gasteiger partial charge on any atom is -0.367 e. The van der Waals surface area contributed by atoms with Crippen molar-refractivity contribution < 1.29 is 0 Å². The van der Waals surface area contributed by atoms with Gasteiger partial charge in [0.15, 0.2) is 0 Å². The Kier molecular flexibility index (Phi) is 2.38. The molecule has 2 unspecified atom stereocenters. The predicted molar refractivity (Wildman–Crippen MR) is 75.1 cm³/mol. The summed E-state index contributed by atoms with van der Waals surface area (Å²) < 4.78 is 3.03. The third-order valence-electron chi connectivity index (χ3n) is 4.01. The van der Waals surface area contributed by atoms with E-state index in [0.29, 0.717) is 12.1 Å². The molecule has 1 N–H and O–H groups in total. The van der Waals surface area contributed by atoms with Crippen LogP contribution >= 0.6 is 15.9 Å². The van der Waals surface area contributed by atoms with E-state index in [2.05, 4.69) is 43.4 Å². The van der Waals surface area contributed by atoms with Crippen LogP contribution in [-0.2, 0) is 0 Å². The maximum atomic E-state index is 4.36. The van der Waals surface area contributed by atoms with Gasteiger partial charge in [-0.15, -0.1) is 0 Å². The molecule has 2 fully saturated rings. The van der Waals surface area contributed by atoms with Crippen molar-refractivity contribution in [2.45, 2.75) is 24.9 Å². The van der Waals surface area contributed by atoms with Crippen molar-refractivity contribution in [3.8, 4) is 0 Å². The van der Waals surface area contributed by atoms with Gasteiger partial charge >= 0.3 is 0 Å². The topological polar surface area (TPSA) is 32.6 Å². The number of nitrogens with one attached hydrogen (secondary N) is 1. The first-order valence-electron chi connectivity index (χ1n) is 6.43. The molecule has 0 spiro atoms. The first-order valence-corrected chi connectivity index (χ1v) is 7.23. The Hall–Kier alpha value is -1.07. The zero-order valence-corrected chi connectivity index (χ0v) is 11.6. The van der Waals surface area contributed by atoms with E-state index in [0.717, 1.165) is 17.6 Å². The molecule has 2 bridgehead atoms. The van der Waals surface area contributed by atoms with Gasteiger partial charge in [0.2, 0.25) is 0 Å². The van der Waals surface area contributed by atoms with Crippen LogP contribution in [0.4, 0.5) is 5.69 Å². The molecule has 18 heavy (non-hydrogen) atoms. The molecule has 2 saturated heterocycles. The molecule has 0 aliphatic carbocycles. The van der Waals surface area contributed by atoms with Crippen molar-refractivity contribution in [1.29, 1.82) is 0 Å². The summed E-state index contributed by atoms with van der Waals surface area (Å²) in [5.74, 6) is 0. The van der Waals surface area contributed by atoms with Crippen molar-refractivity contribution in [3.63, 3.8) is 0 Å². The summed E-state index contributed by atoms with van der Waals surface area (Å²) in [6.07, 6.45) is 6.52. The lowest BCUT2D eigenvalue weighted by molar-refractivity contribution is 0.466. The molecule has 2 aliphatic rings. The summed E-state index contributed by atoms with van der Waals surface area (Å²) in [6, 6.07) is 5.60. The highest BCUT2D eigenvalue weighted by molar-refractivity contribution is 9.10. The van der Waals surface area contributed by atoms with Gasteiger partial charge in [-0.25, -0.2) is 4.52 Å². The van der Waals surface area contributed by atoms with E-state index in [9.17, 15) is 0 Å². The molecule has 4 heterocycles. The Balaban J connectivity index is 1.77. The fourth-order valence-corrected chi connectivity index (χ4v) is 3.64. The highest BCUT2D eigenvalue weighted by Crippen LogP contribution is 2.29. The number of hydrogen-bond acceptors (Lipinski definition) is 3. The van der Waals surface area contributed by atoms with E-state index < -0.39 is 0 Å². The Morgan fingerprint density at radius 2 is 2.06 bits per heavy atom. The molecule has 94 valence electrons. The lowest BCUT2D eigenvalue weighted by Gasteiger charge is -2.34. The third kappa shape index (κ3) is 1.65. The van der Waals surface area contributed by atoms with Gasteiger partial charge in [0.25, 0.3) is 0 Å². The average Bonchev–Trinajstić information content (AvgIpc) is 2.90. The van der Waals surface area contributed by atoms with Crippen molar-refractivity contribution >= 4 is 27.1 Å². The van der Waals surface area contributed by atoms with E-state index in [1.54, 1.807) is 0 Å². The lowest BCUT2D eigenvalue weighted by Crippen LogP contribution is -2.51. The van der Waals surface area contributed by atoms with Crippen molar-refractivity contribution in [1.82, 2.24) is 14.9 Å². The minimum absolute atomic E-state index is 0.662. The van der Waals surface area contributed by atoms with Gasteiger partial charge in [0, 0.05) is 42.0 Å². The Labute approximate surface area is 114 Å². The zero-order valence-electron chi connectivity index (χ0n) is 10.0. The number of anilines is 1. The number of halogens is 1. The van der Waals surface area contributed by atoms with Gasteiger partial charge in [-0.3, -0.25) is 0 Å². The number of nitrogens with zero attached hydrogens (tertiary/aromatic N) is 3. The summed E-state index contributed by atoms with van der Waals surface area (Å²) in [4.78, 5) is 2.50. The molecule has 2 aromatic rings. The van der Waals surface area contributed by atoms with Gasteiger partial charge in [-0.05, 0) is 40.9 Å². The van der Waals surface area contributed by atoms with Crippen LogP contribution in [0.5, 0.6) is 0 Å². The second-order valence-corrected chi connectivity index (χ2v) is 6.16. The molecule has 5 heteroatoms. The molecular weight excluding hydrogens is 292 g/mol. The highest BCUT2D eigenvalue weighted by atomic mass is 79.9. The highest BCUT2D eigenvalue weighted by Gasteiger charge is 2.32. The van der Waals surface area contributed by atoms with Crippen LogP contribution in [0.3, 0.4) is 0 Å². The first kappa shape index (κ1) is 10.8. The third-order valence-corrected chi connectivity index (χ3v) is 4.44. The van der Waals surface area contributed by atoms with Crippen LogP contribution in [0.2, 0.25) is 0 Å². The molecule has 4 nitrogen and oxygen atoms in total. The molecule has 2 aliphatic heterocycles. The standard InChI is InChI=1S/C13H15BrN4/c14-9-5-13-12(3-4-15-18(13)6-9)17-7-10-1-2-11(8-17)16-10/h3-6,10-11,16H,1-2,7-8H2. The Morgan fingerprint density at radius 1 is 1.28 bits per heavy atom. The summed E-state index contributed by atoms with van der Waals surface area (Å²) in [5.41, 5.74) is 2.49. The average molecular weight is 307 g/mol. The molecule has 0 radical (unpaired) electrons. The zero-order chi connectivity index (χ0) is 12.1. The van der Waals surface area contributed by atoms with Crippen LogP contribution in [0, 0.1) is 0 Å². The van der Waals surface area contributed by atoms with Gasteiger partial charge in [0.1, 0.15) is 0 Å². The number of fused-ring (bicyclic) bond motifs is 3. The van der Waals surface area contributed by atoms with Crippen LogP contribution in [0.1, 0.15) is 12.8 Å². The largest absolute Gasteiger partial charge is 0.367 e. The molecule has 4 rings (SSSR count). The Morgan fingerprint density at radius 3 is 2.83 bits per heavy atom. The Bertz CT molecular complexity index is 582. The van der Waals surface area contributed by atoms with E-state index in [1.165, 1.54) is 24.0 Å². The van der Waals surface area contributed by atoms with Crippen LogP contribution < -0.4 is 10.2 Å². The number of hydrogen-bond donors (Lipinski definition) is 1. The maximum absolute atomic E-state index is 4.36. The van der Waals surface area contributed by atoms with E-state index >= 15 is 0 Å². The molecule has 2 aromatic heterocycles. The summed E-state index contributed by atoms with van der Waals surface area (Å²) in [7, 11) is 0. The van der Waals surface area contributed by atoms with Crippen LogP contribution in [-0.4, -0.2) is 34.8 Å². The molecular formula is C13H15BrN4. The predicted octanol–water partition coefficient (Wildman–Crippen LogP) is 2.04. The van der Waals surface area contributed by atoms with E-state index in [1.807, 2.05) is 16.9 Å². The SMILES string of the molecule is Brc1cc2c(N3CC4CCC(C3)N4)ccnn2c1. The second kappa shape index (κ2) is 3.96. The van der Waals surface area contributed by atoms with Gasteiger partial charge < -0.3 is 10.2 Å². The lowest BCUT2D eigenvalue weighted by atomic mass is 10.2. The maximum Gasteiger partial charge on any atom is 0.0891 e. The second-order valence-electron chi connectivity index (χ2n) is 5.25. The molecule has 0 saturated carbocycles. The van der Waals surface area contributed by atoms with Gasteiger partial charge in [-0.2, -0.15) is 5.10 Å². The van der Waals surface area contributed by atoms with Crippen molar-refractivity contribution in [2.75, 3.05) is 18.0 Å². The first-order chi connectivity index (χ1) is 8.79. The number of piperazine rings is 1. The number of aromatic nitrogens is 2. The van der Waals surface area contributed by atoms with E-state index in [-0.39, 0.29) is 0 Å². The summed E-state index contributed by atoms with van der Waals surface area (Å²) in [6.45, 7) is 2.22. The number of rotatable bonds is 1. The van der Waals surface area contributed by atoms with Crippen molar-refractivity contribution in [2.24, 2.45) is 0 Å². The minimum atomic E-state index is 0.662. The van der Waals surface area contributed by atoms with Crippen LogP contribution in [0.25, 0.3) is 5.52 Å². The van der Waals surface area contributed by atoms with Gasteiger partial charge in [-0.1, -0.05) is 0 Å².